The third kappa shape index (κ3) is 15.0. The van der Waals surface area contributed by atoms with Crippen molar-refractivity contribution < 1.29 is 27.2 Å². The van der Waals surface area contributed by atoms with E-state index in [-0.39, 0.29) is 5.97 Å². The fourth-order valence-corrected chi connectivity index (χ4v) is 0.679. The molecule has 0 aliphatic rings. The van der Waals surface area contributed by atoms with Crippen LogP contribution in [0.5, 0.6) is 0 Å². The van der Waals surface area contributed by atoms with Gasteiger partial charge in [0.2, 0.25) is 0 Å². The normalized spacial score (nSPS) is 10.5. The van der Waals surface area contributed by atoms with Gasteiger partial charge in [-0.1, -0.05) is 13.5 Å². The number of carbonyl (C=O) groups is 1. The molecule has 0 saturated heterocycles. The Morgan fingerprint density at radius 3 is 1.82 bits per heavy atom. The van der Waals surface area contributed by atoms with E-state index in [9.17, 15) is 4.79 Å². The highest BCUT2D eigenvalue weighted by molar-refractivity contribution is 7.79. The Morgan fingerprint density at radius 2 is 1.59 bits per heavy atom. The summed E-state index contributed by atoms with van der Waals surface area (Å²) < 4.78 is 31.6. The molecule has 0 saturated carbocycles. The summed E-state index contributed by atoms with van der Waals surface area (Å²) in [5.41, 5.74) is 0.516. The van der Waals surface area contributed by atoms with E-state index in [1.807, 2.05) is 20.8 Å². The maximum atomic E-state index is 11.1. The number of carbonyl (C=O) groups excluding carboxylic acids is 1. The van der Waals surface area contributed by atoms with Gasteiger partial charge in [0.25, 0.3) is 0 Å². The van der Waals surface area contributed by atoms with Gasteiger partial charge in [-0.2, -0.15) is 8.42 Å². The van der Waals surface area contributed by atoms with Crippen LogP contribution in [0.15, 0.2) is 12.2 Å². The molecule has 0 spiro atoms. The van der Waals surface area contributed by atoms with Crippen LogP contribution in [0.4, 0.5) is 0 Å². The van der Waals surface area contributed by atoms with Crippen molar-refractivity contribution in [1.29, 1.82) is 0 Å². The van der Waals surface area contributed by atoms with Crippen molar-refractivity contribution in [1.82, 2.24) is 5.06 Å². The lowest BCUT2D eigenvalue weighted by molar-refractivity contribution is -0.183. The Labute approximate surface area is 102 Å². The molecule has 0 bridgehead atoms. The smallest absolute Gasteiger partial charge is 0.364 e. The van der Waals surface area contributed by atoms with Crippen LogP contribution in [0.2, 0.25) is 0 Å². The van der Waals surface area contributed by atoms with E-state index in [0.29, 0.717) is 25.1 Å². The number of hydrogen-bond donors (Lipinski definition) is 2. The Bertz CT molecular complexity index is 325. The summed E-state index contributed by atoms with van der Waals surface area (Å²) in [7, 11) is -4.67. The molecule has 0 aromatic rings. The van der Waals surface area contributed by atoms with Crippen LogP contribution in [-0.4, -0.2) is 41.6 Å². The topological polar surface area (TPSA) is 104 Å². The SMILES string of the molecule is C=C(CC)C(=O)ON(CC)CC.O=S(=O)(O)O. The van der Waals surface area contributed by atoms with Gasteiger partial charge in [-0.15, -0.1) is 5.06 Å². The van der Waals surface area contributed by atoms with Gasteiger partial charge in [0, 0.05) is 18.7 Å². The lowest BCUT2D eigenvalue weighted by atomic mass is 10.2. The minimum absolute atomic E-state index is 0.318. The van der Waals surface area contributed by atoms with Crippen molar-refractivity contribution in [2.45, 2.75) is 27.2 Å². The first-order chi connectivity index (χ1) is 7.65. The molecule has 0 aromatic heterocycles. The first kappa shape index (κ1) is 18.4. The van der Waals surface area contributed by atoms with Crippen LogP contribution in [-0.2, 0) is 20.0 Å². The minimum atomic E-state index is -4.67. The van der Waals surface area contributed by atoms with Gasteiger partial charge in [0.1, 0.15) is 0 Å². The van der Waals surface area contributed by atoms with Crippen LogP contribution in [0, 0.1) is 0 Å². The standard InChI is InChI=1S/C9H17NO2.H2O4S/c1-5-8(4)9(11)12-10(6-2)7-3;1-5(2,3)4/h4-7H2,1-3H3;(H2,1,2,3,4). The molecule has 0 fully saturated rings. The zero-order chi connectivity index (χ0) is 14.1. The van der Waals surface area contributed by atoms with E-state index in [4.69, 9.17) is 22.4 Å². The highest BCUT2D eigenvalue weighted by Crippen LogP contribution is 2.01. The Kier molecular flexibility index (Phi) is 9.86. The summed E-state index contributed by atoms with van der Waals surface area (Å²) in [6, 6.07) is 0. The fraction of sp³-hybridized carbons (Fsp3) is 0.667. The number of rotatable bonds is 5. The average molecular weight is 269 g/mol. The van der Waals surface area contributed by atoms with Crippen molar-refractivity contribution >= 4 is 16.4 Å². The molecular formula is C9H19NO6S. The summed E-state index contributed by atoms with van der Waals surface area (Å²) in [4.78, 5) is 16.1. The van der Waals surface area contributed by atoms with Gasteiger partial charge in [-0.3, -0.25) is 9.11 Å². The maximum absolute atomic E-state index is 11.1. The molecule has 0 unspecified atom stereocenters. The van der Waals surface area contributed by atoms with Gasteiger partial charge in [0.05, 0.1) is 0 Å². The average Bonchev–Trinajstić information content (AvgIpc) is 2.21. The predicted octanol–water partition coefficient (Wildman–Crippen LogP) is 1.10. The molecule has 0 radical (unpaired) electrons. The third-order valence-corrected chi connectivity index (χ3v) is 1.63. The van der Waals surface area contributed by atoms with Crippen molar-refractivity contribution in [3.8, 4) is 0 Å². The first-order valence-corrected chi connectivity index (χ1v) is 6.40. The van der Waals surface area contributed by atoms with Crippen molar-refractivity contribution in [3.63, 3.8) is 0 Å². The highest BCUT2D eigenvalue weighted by atomic mass is 32.3. The van der Waals surface area contributed by atoms with E-state index in [1.165, 1.54) is 0 Å². The van der Waals surface area contributed by atoms with Crippen LogP contribution in [0.25, 0.3) is 0 Å². The van der Waals surface area contributed by atoms with E-state index in [0.717, 1.165) is 0 Å². The highest BCUT2D eigenvalue weighted by Gasteiger charge is 2.10. The minimum Gasteiger partial charge on any atom is -0.364 e. The summed E-state index contributed by atoms with van der Waals surface area (Å²) in [6.45, 7) is 10.8. The molecule has 2 N–H and O–H groups in total. The van der Waals surface area contributed by atoms with Gasteiger partial charge in [-0.05, 0) is 20.3 Å². The molecular weight excluding hydrogens is 250 g/mol. The second kappa shape index (κ2) is 9.11. The first-order valence-electron chi connectivity index (χ1n) is 5.00. The van der Waals surface area contributed by atoms with Crippen LogP contribution < -0.4 is 0 Å². The molecule has 0 aliphatic heterocycles. The summed E-state index contributed by atoms with van der Waals surface area (Å²) in [6.07, 6.45) is 0.639. The van der Waals surface area contributed by atoms with Crippen LogP contribution in [0.1, 0.15) is 27.2 Å². The second-order valence-electron chi connectivity index (χ2n) is 2.90. The fourth-order valence-electron chi connectivity index (χ4n) is 0.679. The van der Waals surface area contributed by atoms with Crippen molar-refractivity contribution in [2.75, 3.05) is 13.1 Å². The number of hydroxylamine groups is 2. The quantitative estimate of drug-likeness (QED) is 0.437. The Balaban J connectivity index is 0. The zero-order valence-electron chi connectivity index (χ0n) is 10.2. The largest absolute Gasteiger partial charge is 0.394 e. The lowest BCUT2D eigenvalue weighted by Gasteiger charge is -2.17. The second-order valence-corrected chi connectivity index (χ2v) is 3.79. The number of nitrogens with zero attached hydrogens (tertiary/aromatic N) is 1. The molecule has 7 nitrogen and oxygen atoms in total. The number of hydrogen-bond acceptors (Lipinski definition) is 5. The van der Waals surface area contributed by atoms with E-state index in [2.05, 4.69) is 6.58 Å². The van der Waals surface area contributed by atoms with E-state index >= 15 is 0 Å². The summed E-state index contributed by atoms with van der Waals surface area (Å²) in [5, 5.41) is 1.60. The zero-order valence-corrected chi connectivity index (χ0v) is 11.0. The van der Waals surface area contributed by atoms with E-state index < -0.39 is 10.4 Å². The third-order valence-electron chi connectivity index (χ3n) is 1.63. The molecule has 8 heteroatoms. The molecule has 102 valence electrons. The molecule has 0 atom stereocenters. The Morgan fingerprint density at radius 1 is 1.24 bits per heavy atom. The van der Waals surface area contributed by atoms with Gasteiger partial charge >= 0.3 is 16.4 Å². The monoisotopic (exact) mass is 269 g/mol. The molecule has 0 aromatic carbocycles. The Hall–Kier alpha value is -0.960. The molecule has 0 rings (SSSR count). The lowest BCUT2D eigenvalue weighted by Crippen LogP contribution is -2.27. The van der Waals surface area contributed by atoms with Gasteiger partial charge in [0.15, 0.2) is 0 Å². The van der Waals surface area contributed by atoms with Crippen molar-refractivity contribution in [3.05, 3.63) is 12.2 Å². The van der Waals surface area contributed by atoms with Crippen LogP contribution >= 0.6 is 0 Å². The van der Waals surface area contributed by atoms with Gasteiger partial charge < -0.3 is 4.84 Å². The van der Waals surface area contributed by atoms with E-state index in [1.54, 1.807) is 5.06 Å². The summed E-state index contributed by atoms with van der Waals surface area (Å²) >= 11 is 0. The molecule has 0 aliphatic carbocycles. The predicted molar refractivity (Wildman–Crippen MR) is 62.6 cm³/mol. The molecule has 17 heavy (non-hydrogen) atoms. The van der Waals surface area contributed by atoms with Crippen LogP contribution in [0.3, 0.4) is 0 Å². The molecule has 0 heterocycles. The molecule has 0 amide bonds. The van der Waals surface area contributed by atoms with Crippen molar-refractivity contribution in [2.24, 2.45) is 0 Å². The van der Waals surface area contributed by atoms with Gasteiger partial charge in [-0.25, -0.2) is 4.79 Å². The summed E-state index contributed by atoms with van der Waals surface area (Å²) in [5.74, 6) is -0.318. The maximum Gasteiger partial charge on any atom is 0.394 e.